The second-order valence-electron chi connectivity index (χ2n) is 4.23. The summed E-state index contributed by atoms with van der Waals surface area (Å²) < 4.78 is 5.41. The van der Waals surface area contributed by atoms with Gasteiger partial charge in [0.2, 0.25) is 0 Å². The van der Waals surface area contributed by atoms with Gasteiger partial charge in [0.05, 0.1) is 17.6 Å². The molecule has 1 atom stereocenters. The summed E-state index contributed by atoms with van der Waals surface area (Å²) in [7, 11) is 1.89. The van der Waals surface area contributed by atoms with Gasteiger partial charge in [0.15, 0.2) is 0 Å². The van der Waals surface area contributed by atoms with Crippen molar-refractivity contribution in [2.24, 2.45) is 0 Å². The number of likely N-dealkylation sites (N-methyl/N-ethyl adjacent to an activating group) is 1. The van der Waals surface area contributed by atoms with Crippen LogP contribution in [0.3, 0.4) is 0 Å². The molecule has 2 rings (SSSR count). The summed E-state index contributed by atoms with van der Waals surface area (Å²) in [4.78, 5) is 12.6. The van der Waals surface area contributed by atoms with Gasteiger partial charge in [-0.25, -0.2) is 0 Å². The van der Waals surface area contributed by atoms with Crippen molar-refractivity contribution in [3.05, 3.63) is 34.4 Å². The number of benzene rings is 1. The molecule has 1 fully saturated rings. The van der Waals surface area contributed by atoms with E-state index in [4.69, 9.17) is 4.74 Å². The lowest BCUT2D eigenvalue weighted by Crippen LogP contribution is -2.38. The van der Waals surface area contributed by atoms with Crippen LogP contribution in [-0.2, 0) is 4.74 Å². The minimum atomic E-state index is -0.338. The van der Waals surface area contributed by atoms with Gasteiger partial charge in [-0.05, 0) is 18.9 Å². The van der Waals surface area contributed by atoms with Crippen molar-refractivity contribution in [2.75, 3.05) is 25.2 Å². The van der Waals surface area contributed by atoms with E-state index in [1.807, 2.05) is 18.0 Å². The number of para-hydroxylation sites is 2. The molecule has 5 nitrogen and oxygen atoms in total. The van der Waals surface area contributed by atoms with Crippen LogP contribution in [0.1, 0.15) is 12.8 Å². The second-order valence-corrected chi connectivity index (χ2v) is 4.23. The number of hydrogen-bond acceptors (Lipinski definition) is 4. The van der Waals surface area contributed by atoms with Crippen LogP contribution in [0.15, 0.2) is 24.3 Å². The third-order valence-corrected chi connectivity index (χ3v) is 3.14. The molecule has 1 aliphatic heterocycles. The third kappa shape index (κ3) is 2.55. The van der Waals surface area contributed by atoms with E-state index >= 15 is 0 Å². The van der Waals surface area contributed by atoms with Gasteiger partial charge in [-0.2, -0.15) is 0 Å². The lowest BCUT2D eigenvalue weighted by Gasteiger charge is -2.32. The summed E-state index contributed by atoms with van der Waals surface area (Å²) >= 11 is 0. The largest absolute Gasteiger partial charge is 0.379 e. The van der Waals surface area contributed by atoms with Crippen molar-refractivity contribution >= 4 is 11.4 Å². The second kappa shape index (κ2) is 5.14. The van der Waals surface area contributed by atoms with E-state index < -0.39 is 0 Å². The number of ether oxygens (including phenoxy) is 1. The van der Waals surface area contributed by atoms with Crippen LogP contribution in [0.25, 0.3) is 0 Å². The fraction of sp³-hybridized carbons (Fsp3) is 0.500. The van der Waals surface area contributed by atoms with E-state index in [2.05, 4.69) is 0 Å². The van der Waals surface area contributed by atoms with E-state index in [0.717, 1.165) is 19.4 Å². The average Bonchev–Trinajstić information content (AvgIpc) is 2.39. The van der Waals surface area contributed by atoms with Crippen LogP contribution >= 0.6 is 0 Å². The van der Waals surface area contributed by atoms with Crippen LogP contribution in [0.5, 0.6) is 0 Å². The standard InChI is InChI=1S/C12H16N2O3/c1-13(10-5-4-8-17-9-10)11-6-2-3-7-12(11)14(15)16/h2-3,6-7,10H,4-5,8-9H2,1H3/t10-/m0/s1. The highest BCUT2D eigenvalue weighted by atomic mass is 16.6. The Labute approximate surface area is 100 Å². The molecule has 1 saturated heterocycles. The van der Waals surface area contributed by atoms with Crippen molar-refractivity contribution < 1.29 is 9.66 Å². The molecule has 1 aromatic carbocycles. The topological polar surface area (TPSA) is 55.6 Å². The highest BCUT2D eigenvalue weighted by molar-refractivity contribution is 5.63. The van der Waals surface area contributed by atoms with Crippen LogP contribution in [-0.4, -0.2) is 31.2 Å². The smallest absolute Gasteiger partial charge is 0.292 e. The lowest BCUT2D eigenvalue weighted by molar-refractivity contribution is -0.384. The van der Waals surface area contributed by atoms with Gasteiger partial charge in [0, 0.05) is 19.7 Å². The Morgan fingerprint density at radius 3 is 2.88 bits per heavy atom. The first kappa shape index (κ1) is 11.9. The van der Waals surface area contributed by atoms with E-state index in [-0.39, 0.29) is 16.7 Å². The van der Waals surface area contributed by atoms with Crippen LogP contribution in [0.4, 0.5) is 11.4 Å². The summed E-state index contributed by atoms with van der Waals surface area (Å²) in [6, 6.07) is 7.06. The van der Waals surface area contributed by atoms with Crippen LogP contribution < -0.4 is 4.90 Å². The third-order valence-electron chi connectivity index (χ3n) is 3.14. The molecule has 0 N–H and O–H groups in total. The monoisotopic (exact) mass is 236 g/mol. The first-order valence-corrected chi connectivity index (χ1v) is 5.74. The Kier molecular flexibility index (Phi) is 3.58. The van der Waals surface area contributed by atoms with E-state index in [0.29, 0.717) is 12.3 Å². The molecule has 5 heteroatoms. The summed E-state index contributed by atoms with van der Waals surface area (Å²) in [5.74, 6) is 0. The molecule has 17 heavy (non-hydrogen) atoms. The Balaban J connectivity index is 2.23. The van der Waals surface area contributed by atoms with E-state index in [1.165, 1.54) is 6.07 Å². The summed E-state index contributed by atoms with van der Waals surface area (Å²) in [6.45, 7) is 1.43. The zero-order chi connectivity index (χ0) is 12.3. The number of nitro benzene ring substituents is 1. The molecule has 1 aliphatic rings. The maximum atomic E-state index is 11.0. The summed E-state index contributed by atoms with van der Waals surface area (Å²) in [5.41, 5.74) is 0.813. The highest BCUT2D eigenvalue weighted by Gasteiger charge is 2.24. The highest BCUT2D eigenvalue weighted by Crippen LogP contribution is 2.29. The maximum Gasteiger partial charge on any atom is 0.292 e. The molecule has 0 spiro atoms. The van der Waals surface area contributed by atoms with Crippen LogP contribution in [0.2, 0.25) is 0 Å². The first-order valence-electron chi connectivity index (χ1n) is 5.74. The van der Waals surface area contributed by atoms with Gasteiger partial charge >= 0.3 is 0 Å². The fourth-order valence-corrected chi connectivity index (χ4v) is 2.14. The average molecular weight is 236 g/mol. The number of nitro groups is 1. The van der Waals surface area contributed by atoms with E-state index in [1.54, 1.807) is 12.1 Å². The van der Waals surface area contributed by atoms with Crippen LogP contribution in [0, 0.1) is 10.1 Å². The van der Waals surface area contributed by atoms with Crippen molar-refractivity contribution in [1.82, 2.24) is 0 Å². The molecular weight excluding hydrogens is 220 g/mol. The molecule has 0 aliphatic carbocycles. The maximum absolute atomic E-state index is 11.0. The predicted molar refractivity (Wildman–Crippen MR) is 65.3 cm³/mol. The molecule has 1 aromatic rings. The minimum Gasteiger partial charge on any atom is -0.379 e. The molecule has 92 valence electrons. The quantitative estimate of drug-likeness (QED) is 0.596. The zero-order valence-electron chi connectivity index (χ0n) is 9.83. The van der Waals surface area contributed by atoms with Crippen molar-refractivity contribution in [1.29, 1.82) is 0 Å². The van der Waals surface area contributed by atoms with E-state index in [9.17, 15) is 10.1 Å². The number of rotatable bonds is 3. The molecule has 0 aromatic heterocycles. The minimum absolute atomic E-state index is 0.153. The molecule has 0 saturated carbocycles. The van der Waals surface area contributed by atoms with Crippen molar-refractivity contribution in [2.45, 2.75) is 18.9 Å². The molecular formula is C12H16N2O3. The Morgan fingerprint density at radius 2 is 2.24 bits per heavy atom. The van der Waals surface area contributed by atoms with Gasteiger partial charge < -0.3 is 9.64 Å². The lowest BCUT2D eigenvalue weighted by atomic mass is 10.1. The number of hydrogen-bond donors (Lipinski definition) is 0. The molecule has 0 unspecified atom stereocenters. The normalized spacial score (nSPS) is 19.9. The summed E-state index contributed by atoms with van der Waals surface area (Å²) in [5, 5.41) is 11.0. The van der Waals surface area contributed by atoms with Gasteiger partial charge in [0.1, 0.15) is 5.69 Å². The Morgan fingerprint density at radius 1 is 1.47 bits per heavy atom. The summed E-state index contributed by atoms with van der Waals surface area (Å²) in [6.07, 6.45) is 2.03. The van der Waals surface area contributed by atoms with Gasteiger partial charge in [-0.3, -0.25) is 10.1 Å². The molecule has 0 radical (unpaired) electrons. The molecule has 0 amide bonds. The Bertz CT molecular complexity index is 402. The molecule has 1 heterocycles. The van der Waals surface area contributed by atoms with Crippen molar-refractivity contribution in [3.63, 3.8) is 0 Å². The number of nitrogens with zero attached hydrogens (tertiary/aromatic N) is 2. The zero-order valence-corrected chi connectivity index (χ0v) is 9.83. The van der Waals surface area contributed by atoms with Gasteiger partial charge in [0.25, 0.3) is 5.69 Å². The van der Waals surface area contributed by atoms with Gasteiger partial charge in [-0.1, -0.05) is 12.1 Å². The number of anilines is 1. The molecule has 0 bridgehead atoms. The van der Waals surface area contributed by atoms with Gasteiger partial charge in [-0.15, -0.1) is 0 Å². The SMILES string of the molecule is CN(c1ccccc1[N+](=O)[O-])[C@H]1CCCOC1. The fourth-order valence-electron chi connectivity index (χ4n) is 2.14. The Hall–Kier alpha value is -1.62. The predicted octanol–water partition coefficient (Wildman–Crippen LogP) is 2.21. The first-order chi connectivity index (χ1) is 8.20. The van der Waals surface area contributed by atoms with Crippen molar-refractivity contribution in [3.8, 4) is 0 Å².